The lowest BCUT2D eigenvalue weighted by Gasteiger charge is -2.19. The highest BCUT2D eigenvalue weighted by Gasteiger charge is 2.26. The van der Waals surface area contributed by atoms with Gasteiger partial charge in [0.1, 0.15) is 6.04 Å². The van der Waals surface area contributed by atoms with Gasteiger partial charge in [0, 0.05) is 12.1 Å². The van der Waals surface area contributed by atoms with Gasteiger partial charge in [-0.3, -0.25) is 4.79 Å². The van der Waals surface area contributed by atoms with Crippen LogP contribution in [0.15, 0.2) is 67.0 Å². The lowest BCUT2D eigenvalue weighted by atomic mass is 10.1. The van der Waals surface area contributed by atoms with Crippen molar-refractivity contribution in [2.75, 3.05) is 6.54 Å². The molecule has 144 valence electrons. The summed E-state index contributed by atoms with van der Waals surface area (Å²) < 4.78 is 8.04. The van der Waals surface area contributed by atoms with Crippen LogP contribution in [0.4, 0.5) is 0 Å². The van der Waals surface area contributed by atoms with Crippen LogP contribution in [0.25, 0.3) is 11.3 Å². The molecule has 0 saturated carbocycles. The second-order valence-corrected chi connectivity index (χ2v) is 7.09. The fourth-order valence-corrected chi connectivity index (χ4v) is 3.66. The molecular weight excluding hydrogens is 350 g/mol. The molecule has 1 N–H and O–H groups in total. The minimum atomic E-state index is -0.234. The number of rotatable bonds is 6. The van der Waals surface area contributed by atoms with E-state index in [2.05, 4.69) is 10.3 Å². The number of amides is 1. The number of hydrogen-bond donors (Lipinski definition) is 1. The van der Waals surface area contributed by atoms with Gasteiger partial charge in [0.05, 0.1) is 30.9 Å². The van der Waals surface area contributed by atoms with Crippen LogP contribution in [0.2, 0.25) is 0 Å². The van der Waals surface area contributed by atoms with Gasteiger partial charge >= 0.3 is 0 Å². The van der Waals surface area contributed by atoms with E-state index in [1.807, 2.05) is 65.2 Å². The zero-order valence-electron chi connectivity index (χ0n) is 15.9. The van der Waals surface area contributed by atoms with E-state index in [9.17, 15) is 4.79 Å². The Morgan fingerprint density at radius 1 is 1.00 bits per heavy atom. The summed E-state index contributed by atoms with van der Waals surface area (Å²) in [5, 5.41) is 3.02. The van der Waals surface area contributed by atoms with Crippen molar-refractivity contribution in [2.24, 2.45) is 0 Å². The number of ether oxygens (including phenoxy) is 1. The standard InChI is InChI=1S/C23H25N3O2/c27-23-20(13-7-8-14-24-23)26-17-25-22(19-11-5-2-6-12-19)21(26)16-28-15-18-9-3-1-4-10-18/h1-6,9-12,17,20H,7-8,13-16H2,(H,24,27)/t20-/m0/s1. The fraction of sp³-hybridized carbons (Fsp3) is 0.304. The van der Waals surface area contributed by atoms with Crippen LogP contribution >= 0.6 is 0 Å². The maximum Gasteiger partial charge on any atom is 0.243 e. The molecular formula is C23H25N3O2. The van der Waals surface area contributed by atoms with Gasteiger partial charge in [-0.1, -0.05) is 60.7 Å². The Kier molecular flexibility index (Phi) is 5.83. The van der Waals surface area contributed by atoms with Gasteiger partial charge in [-0.05, 0) is 24.8 Å². The summed E-state index contributed by atoms with van der Waals surface area (Å²) in [6, 6.07) is 20.0. The first-order valence-electron chi connectivity index (χ1n) is 9.83. The highest BCUT2D eigenvalue weighted by atomic mass is 16.5. The third-order valence-corrected chi connectivity index (χ3v) is 5.14. The number of nitrogens with one attached hydrogen (secondary N) is 1. The molecule has 3 aromatic rings. The van der Waals surface area contributed by atoms with Crippen LogP contribution in [0.3, 0.4) is 0 Å². The fourth-order valence-electron chi connectivity index (χ4n) is 3.66. The van der Waals surface area contributed by atoms with Crippen molar-refractivity contribution >= 4 is 5.91 Å². The molecule has 0 unspecified atom stereocenters. The molecule has 5 heteroatoms. The molecule has 2 aromatic carbocycles. The zero-order chi connectivity index (χ0) is 19.2. The molecule has 1 saturated heterocycles. The Hall–Kier alpha value is -2.92. The van der Waals surface area contributed by atoms with Crippen molar-refractivity contribution in [3.8, 4) is 11.3 Å². The molecule has 0 radical (unpaired) electrons. The number of benzene rings is 2. The van der Waals surface area contributed by atoms with E-state index in [0.717, 1.165) is 48.3 Å². The first-order valence-corrected chi connectivity index (χ1v) is 9.83. The second kappa shape index (κ2) is 8.85. The monoisotopic (exact) mass is 375 g/mol. The Morgan fingerprint density at radius 2 is 1.75 bits per heavy atom. The molecule has 1 aliphatic heterocycles. The van der Waals surface area contributed by atoms with Crippen molar-refractivity contribution in [3.63, 3.8) is 0 Å². The molecule has 1 atom stereocenters. The molecule has 1 fully saturated rings. The molecule has 0 spiro atoms. The highest BCUT2D eigenvalue weighted by Crippen LogP contribution is 2.28. The van der Waals surface area contributed by atoms with Gasteiger partial charge in [0.25, 0.3) is 0 Å². The van der Waals surface area contributed by atoms with Gasteiger partial charge in [-0.15, -0.1) is 0 Å². The van der Waals surface area contributed by atoms with Crippen LogP contribution in [-0.4, -0.2) is 22.0 Å². The van der Waals surface area contributed by atoms with Crippen LogP contribution < -0.4 is 5.32 Å². The van der Waals surface area contributed by atoms with Crippen molar-refractivity contribution in [3.05, 3.63) is 78.2 Å². The molecule has 1 aliphatic rings. The Bertz CT molecular complexity index is 906. The average Bonchev–Trinajstić information content (AvgIpc) is 3.03. The lowest BCUT2D eigenvalue weighted by molar-refractivity contribution is -0.124. The summed E-state index contributed by atoms with van der Waals surface area (Å²) in [6.45, 7) is 1.68. The van der Waals surface area contributed by atoms with E-state index in [1.165, 1.54) is 0 Å². The molecule has 28 heavy (non-hydrogen) atoms. The van der Waals surface area contributed by atoms with Gasteiger partial charge in [0.2, 0.25) is 5.91 Å². The summed E-state index contributed by atoms with van der Waals surface area (Å²) >= 11 is 0. The zero-order valence-corrected chi connectivity index (χ0v) is 15.9. The maximum absolute atomic E-state index is 12.6. The van der Waals surface area contributed by atoms with Crippen LogP contribution in [-0.2, 0) is 22.7 Å². The van der Waals surface area contributed by atoms with E-state index in [-0.39, 0.29) is 11.9 Å². The molecule has 1 amide bonds. The summed E-state index contributed by atoms with van der Waals surface area (Å²) in [6.07, 6.45) is 4.65. The quantitative estimate of drug-likeness (QED) is 0.705. The minimum Gasteiger partial charge on any atom is -0.370 e. The van der Waals surface area contributed by atoms with E-state index < -0.39 is 0 Å². The number of carbonyl (C=O) groups excluding carboxylic acids is 1. The van der Waals surface area contributed by atoms with Gasteiger partial charge < -0.3 is 14.6 Å². The normalized spacial score (nSPS) is 17.1. The minimum absolute atomic E-state index is 0.0684. The number of carbonyl (C=O) groups is 1. The Balaban J connectivity index is 1.62. The third-order valence-electron chi connectivity index (χ3n) is 5.14. The van der Waals surface area contributed by atoms with Crippen molar-refractivity contribution in [1.29, 1.82) is 0 Å². The van der Waals surface area contributed by atoms with Crippen molar-refractivity contribution in [1.82, 2.24) is 14.9 Å². The first kappa shape index (κ1) is 18.4. The SMILES string of the molecule is O=C1NCCCC[C@@H]1n1cnc(-c2ccccc2)c1COCc1ccccc1. The highest BCUT2D eigenvalue weighted by molar-refractivity contribution is 5.81. The maximum atomic E-state index is 12.6. The number of imidazole rings is 1. The summed E-state index contributed by atoms with van der Waals surface area (Å²) in [7, 11) is 0. The van der Waals surface area contributed by atoms with E-state index in [1.54, 1.807) is 6.33 Å². The lowest BCUT2D eigenvalue weighted by Crippen LogP contribution is -2.31. The first-order chi connectivity index (χ1) is 13.8. The number of nitrogens with zero attached hydrogens (tertiary/aromatic N) is 2. The van der Waals surface area contributed by atoms with Crippen LogP contribution in [0.5, 0.6) is 0 Å². The summed E-state index contributed by atoms with van der Waals surface area (Å²) in [4.78, 5) is 17.3. The average molecular weight is 375 g/mol. The molecule has 2 heterocycles. The molecule has 4 rings (SSSR count). The van der Waals surface area contributed by atoms with E-state index >= 15 is 0 Å². The molecule has 0 aliphatic carbocycles. The predicted octanol–water partition coefficient (Wildman–Crippen LogP) is 4.11. The second-order valence-electron chi connectivity index (χ2n) is 7.09. The third kappa shape index (κ3) is 4.15. The Morgan fingerprint density at radius 3 is 2.54 bits per heavy atom. The molecule has 5 nitrogen and oxygen atoms in total. The largest absolute Gasteiger partial charge is 0.370 e. The Labute approximate surface area is 165 Å². The number of aromatic nitrogens is 2. The summed E-state index contributed by atoms with van der Waals surface area (Å²) in [5.41, 5.74) is 3.99. The van der Waals surface area contributed by atoms with Gasteiger partial charge in [-0.25, -0.2) is 4.98 Å². The molecule has 1 aromatic heterocycles. The van der Waals surface area contributed by atoms with E-state index in [4.69, 9.17) is 4.74 Å². The van der Waals surface area contributed by atoms with E-state index in [0.29, 0.717) is 13.2 Å². The van der Waals surface area contributed by atoms with Gasteiger partial charge in [-0.2, -0.15) is 0 Å². The summed E-state index contributed by atoms with van der Waals surface area (Å²) in [5.74, 6) is 0.0684. The van der Waals surface area contributed by atoms with Crippen molar-refractivity contribution < 1.29 is 9.53 Å². The molecule has 0 bridgehead atoms. The smallest absolute Gasteiger partial charge is 0.243 e. The van der Waals surface area contributed by atoms with Crippen molar-refractivity contribution in [2.45, 2.75) is 38.5 Å². The number of hydrogen-bond acceptors (Lipinski definition) is 3. The van der Waals surface area contributed by atoms with Gasteiger partial charge in [0.15, 0.2) is 0 Å². The topological polar surface area (TPSA) is 56.2 Å². The van der Waals surface area contributed by atoms with Crippen LogP contribution in [0.1, 0.15) is 36.6 Å². The predicted molar refractivity (Wildman–Crippen MR) is 108 cm³/mol. The van der Waals surface area contributed by atoms with Crippen LogP contribution in [0, 0.1) is 0 Å².